The molecule has 0 heterocycles. The minimum Gasteiger partial charge on any atom is -0.506 e. The van der Waals surface area contributed by atoms with Gasteiger partial charge < -0.3 is 10.2 Å². The first-order valence-electron chi connectivity index (χ1n) is 9.40. The van der Waals surface area contributed by atoms with E-state index in [9.17, 15) is 49.8 Å². The Morgan fingerprint density at radius 2 is 1.32 bits per heavy atom. The molecule has 1 atom stereocenters. The van der Waals surface area contributed by atoms with Crippen LogP contribution >= 0.6 is 0 Å². The van der Waals surface area contributed by atoms with Crippen molar-refractivity contribution in [2.45, 2.75) is 11.1 Å². The summed E-state index contributed by atoms with van der Waals surface area (Å²) in [6.07, 6.45) is -2.61. The molecular weight excluding hydrogens is 538 g/mol. The van der Waals surface area contributed by atoms with Crippen molar-refractivity contribution in [3.8, 4) is 5.75 Å². The summed E-state index contributed by atoms with van der Waals surface area (Å²) in [7, 11) is -5.20. The average molecular weight is 548 g/mol. The van der Waals surface area contributed by atoms with Crippen LogP contribution in [0.25, 0.3) is 0 Å². The Labute approximate surface area is 202 Å². The van der Waals surface area contributed by atoms with Crippen LogP contribution in [0, 0.1) is 34.9 Å². The summed E-state index contributed by atoms with van der Waals surface area (Å²) in [4.78, 5) is 9.93. The predicted molar refractivity (Wildman–Crippen MR) is 109 cm³/mol. The number of benzene rings is 3. The molecule has 17 heteroatoms. The van der Waals surface area contributed by atoms with Crippen LogP contribution in [0.3, 0.4) is 0 Å². The summed E-state index contributed by atoms with van der Waals surface area (Å²) in [5, 5.41) is 31.9. The molecule has 3 aromatic rings. The smallest absolute Gasteiger partial charge is 0.337 e. The van der Waals surface area contributed by atoms with E-state index in [1.807, 2.05) is 0 Å². The van der Waals surface area contributed by atoms with Crippen LogP contribution in [0.2, 0.25) is 0 Å². The Kier molecular flexibility index (Phi) is 7.58. The van der Waals surface area contributed by atoms with Crippen LogP contribution in [0.15, 0.2) is 61.8 Å². The summed E-state index contributed by atoms with van der Waals surface area (Å²) in [5.41, 5.74) is -4.03. The summed E-state index contributed by atoms with van der Waals surface area (Å²) in [6.45, 7) is 0. The van der Waals surface area contributed by atoms with E-state index in [0.29, 0.717) is 12.1 Å². The van der Waals surface area contributed by atoms with Crippen LogP contribution < -0.4 is 0 Å². The molecule has 3 aromatic carbocycles. The summed E-state index contributed by atoms with van der Waals surface area (Å²) in [5.74, 6) is -16.8. The molecule has 0 spiro atoms. The Hall–Kier alpha value is -4.38. The van der Waals surface area contributed by atoms with Gasteiger partial charge in [-0.2, -0.15) is 23.8 Å². The van der Waals surface area contributed by atoms with Gasteiger partial charge in [-0.1, -0.05) is 12.1 Å². The number of hydrogen-bond acceptors (Lipinski definition) is 8. The highest BCUT2D eigenvalue weighted by Crippen LogP contribution is 2.37. The quantitative estimate of drug-likeness (QED) is 0.112. The van der Waals surface area contributed by atoms with Crippen molar-refractivity contribution in [3.63, 3.8) is 0 Å². The van der Waals surface area contributed by atoms with E-state index in [2.05, 4.69) is 20.5 Å². The number of hydrogen-bond donors (Lipinski definition) is 3. The Morgan fingerprint density at radius 1 is 0.784 bits per heavy atom. The summed E-state index contributed by atoms with van der Waals surface area (Å²) in [6, 6.07) is 5.61. The van der Waals surface area contributed by atoms with Gasteiger partial charge in [0.15, 0.2) is 34.8 Å². The number of carboxylic acids is 1. The summed E-state index contributed by atoms with van der Waals surface area (Å²) < 4.78 is 116. The molecule has 0 amide bonds. The number of aromatic hydroxyl groups is 1. The van der Waals surface area contributed by atoms with Crippen LogP contribution in [0.1, 0.15) is 22.1 Å². The van der Waals surface area contributed by atoms with E-state index in [4.69, 9.17) is 4.55 Å². The molecule has 0 aliphatic rings. The number of carboxylic acid groups (broad SMARTS) is 1. The third-order valence-electron chi connectivity index (χ3n) is 4.52. The number of phenolic OH excluding ortho intramolecular Hbond substituents is 1. The molecule has 3 rings (SSSR count). The fourth-order valence-corrected chi connectivity index (χ4v) is 3.35. The standard InChI is InChI=1S/C20H10F6N4O6S/c21-12-10(37(34,35)36)6-5-9(31)18(12)28-30-19(11-13(22)15(24)17(26)16(25)14(11)23)29-27-8-4-2-1-3-7(8)20(32)33/h1-6,19,31H,(H,32,33)(H,34,35,36). The van der Waals surface area contributed by atoms with Crippen molar-refractivity contribution >= 4 is 27.5 Å². The number of rotatable bonds is 7. The van der Waals surface area contributed by atoms with Gasteiger partial charge in [0, 0.05) is 0 Å². The number of nitrogens with zero attached hydrogens (tertiary/aromatic N) is 4. The lowest BCUT2D eigenvalue weighted by Crippen LogP contribution is -2.09. The molecule has 1 unspecified atom stereocenters. The molecule has 0 aliphatic heterocycles. The molecule has 0 aliphatic carbocycles. The van der Waals surface area contributed by atoms with E-state index in [-0.39, 0.29) is 0 Å². The van der Waals surface area contributed by atoms with Crippen molar-refractivity contribution in [1.82, 2.24) is 0 Å². The number of halogens is 6. The number of aromatic carboxylic acids is 1. The highest BCUT2D eigenvalue weighted by atomic mass is 32.2. The van der Waals surface area contributed by atoms with Gasteiger partial charge in [0.1, 0.15) is 10.6 Å². The van der Waals surface area contributed by atoms with Crippen LogP contribution in [-0.2, 0) is 10.1 Å². The van der Waals surface area contributed by atoms with Gasteiger partial charge in [-0.05, 0) is 24.3 Å². The van der Waals surface area contributed by atoms with E-state index >= 15 is 0 Å². The van der Waals surface area contributed by atoms with Gasteiger partial charge in [-0.15, -0.1) is 5.11 Å². The van der Waals surface area contributed by atoms with Gasteiger partial charge in [0.05, 0.1) is 16.8 Å². The summed E-state index contributed by atoms with van der Waals surface area (Å²) >= 11 is 0. The predicted octanol–water partition coefficient (Wildman–Crippen LogP) is 5.74. The highest BCUT2D eigenvalue weighted by molar-refractivity contribution is 7.85. The number of phenols is 1. The maximum absolute atomic E-state index is 14.5. The molecule has 0 radical (unpaired) electrons. The zero-order valence-corrected chi connectivity index (χ0v) is 18.4. The molecule has 10 nitrogen and oxygen atoms in total. The van der Waals surface area contributed by atoms with E-state index in [1.54, 1.807) is 0 Å². The van der Waals surface area contributed by atoms with E-state index < -0.39 is 90.3 Å². The molecule has 0 saturated heterocycles. The van der Waals surface area contributed by atoms with Gasteiger partial charge in [-0.3, -0.25) is 4.55 Å². The first-order valence-corrected chi connectivity index (χ1v) is 10.8. The largest absolute Gasteiger partial charge is 0.506 e. The fourth-order valence-electron chi connectivity index (χ4n) is 2.79. The molecular formula is C20H10F6N4O6S. The number of carbonyl (C=O) groups is 1. The minimum absolute atomic E-state index is 0.434. The second-order valence-corrected chi connectivity index (χ2v) is 8.22. The maximum Gasteiger partial charge on any atom is 0.337 e. The molecule has 0 aromatic heterocycles. The van der Waals surface area contributed by atoms with E-state index in [0.717, 1.165) is 12.1 Å². The third-order valence-corrected chi connectivity index (χ3v) is 5.39. The normalized spacial score (nSPS) is 12.9. The Balaban J connectivity index is 2.25. The fraction of sp³-hybridized carbons (Fsp3) is 0.0500. The molecule has 194 valence electrons. The third kappa shape index (κ3) is 5.41. The van der Waals surface area contributed by atoms with Gasteiger partial charge in [0.25, 0.3) is 10.1 Å². The molecule has 0 saturated carbocycles. The van der Waals surface area contributed by atoms with Gasteiger partial charge in [0.2, 0.25) is 12.0 Å². The van der Waals surface area contributed by atoms with E-state index in [1.165, 1.54) is 12.1 Å². The lowest BCUT2D eigenvalue weighted by atomic mass is 10.1. The van der Waals surface area contributed by atoms with Crippen molar-refractivity contribution in [2.75, 3.05) is 0 Å². The molecule has 0 fully saturated rings. The second-order valence-electron chi connectivity index (χ2n) is 6.83. The van der Waals surface area contributed by atoms with Crippen LogP contribution in [0.5, 0.6) is 5.75 Å². The van der Waals surface area contributed by atoms with Gasteiger partial charge >= 0.3 is 5.97 Å². The lowest BCUT2D eigenvalue weighted by molar-refractivity contribution is 0.0697. The Morgan fingerprint density at radius 3 is 1.89 bits per heavy atom. The van der Waals surface area contributed by atoms with Crippen molar-refractivity contribution in [1.29, 1.82) is 0 Å². The van der Waals surface area contributed by atoms with Gasteiger partial charge in [-0.25, -0.2) is 31.1 Å². The first-order chi connectivity index (χ1) is 17.3. The maximum atomic E-state index is 14.5. The van der Waals surface area contributed by atoms with Crippen LogP contribution in [0.4, 0.5) is 37.7 Å². The molecule has 0 bridgehead atoms. The Bertz CT molecular complexity index is 1550. The topological polar surface area (TPSA) is 161 Å². The average Bonchev–Trinajstić information content (AvgIpc) is 2.83. The highest BCUT2D eigenvalue weighted by Gasteiger charge is 2.31. The van der Waals surface area contributed by atoms with Crippen molar-refractivity contribution in [3.05, 3.63) is 82.4 Å². The number of azo groups is 2. The zero-order valence-electron chi connectivity index (χ0n) is 17.6. The molecule has 3 N–H and O–H groups in total. The lowest BCUT2D eigenvalue weighted by Gasteiger charge is -2.11. The zero-order chi connectivity index (χ0) is 27.7. The monoisotopic (exact) mass is 548 g/mol. The van der Waals surface area contributed by atoms with Crippen LogP contribution in [-0.4, -0.2) is 29.2 Å². The second kappa shape index (κ2) is 10.3. The SMILES string of the molecule is O=C(O)c1ccccc1N=NC(N=Nc1c(O)ccc(S(=O)(=O)O)c1F)c1c(F)c(F)c(F)c(F)c1F. The van der Waals surface area contributed by atoms with Crippen molar-refractivity contribution < 1.29 is 54.3 Å². The first kappa shape index (κ1) is 27.2. The minimum atomic E-state index is -5.20. The van der Waals surface area contributed by atoms with Crippen molar-refractivity contribution in [2.24, 2.45) is 20.5 Å². The molecule has 37 heavy (non-hydrogen) atoms.